The smallest absolute Gasteiger partial charge is 0.239 e. The SMILES string of the molecule is NNc1nc(NCc2nccs2)c2ccccc2n1. The van der Waals surface area contributed by atoms with Crippen molar-refractivity contribution in [2.45, 2.75) is 6.54 Å². The van der Waals surface area contributed by atoms with E-state index in [2.05, 4.69) is 25.7 Å². The summed E-state index contributed by atoms with van der Waals surface area (Å²) in [7, 11) is 0. The monoisotopic (exact) mass is 272 g/mol. The summed E-state index contributed by atoms with van der Waals surface area (Å²) in [5.74, 6) is 6.52. The molecule has 0 unspecified atom stereocenters. The number of hydrazine groups is 1. The van der Waals surface area contributed by atoms with Gasteiger partial charge in [-0.15, -0.1) is 11.3 Å². The van der Waals surface area contributed by atoms with E-state index in [9.17, 15) is 0 Å². The summed E-state index contributed by atoms with van der Waals surface area (Å²) in [5, 5.41) is 7.17. The maximum Gasteiger partial charge on any atom is 0.239 e. The maximum atomic E-state index is 5.39. The van der Waals surface area contributed by atoms with E-state index in [1.807, 2.05) is 29.6 Å². The van der Waals surface area contributed by atoms with Crippen LogP contribution in [0.1, 0.15) is 5.01 Å². The van der Waals surface area contributed by atoms with Gasteiger partial charge in [0.25, 0.3) is 0 Å². The van der Waals surface area contributed by atoms with Crippen LogP contribution in [0.3, 0.4) is 0 Å². The van der Waals surface area contributed by atoms with Crippen LogP contribution < -0.4 is 16.6 Å². The number of anilines is 2. The second-order valence-electron chi connectivity index (χ2n) is 3.84. The quantitative estimate of drug-likeness (QED) is 0.497. The van der Waals surface area contributed by atoms with Gasteiger partial charge in [-0.1, -0.05) is 12.1 Å². The van der Waals surface area contributed by atoms with Crippen LogP contribution >= 0.6 is 11.3 Å². The van der Waals surface area contributed by atoms with Gasteiger partial charge in [0, 0.05) is 17.0 Å². The molecule has 0 fully saturated rings. The highest BCUT2D eigenvalue weighted by molar-refractivity contribution is 7.09. The Labute approximate surface area is 113 Å². The van der Waals surface area contributed by atoms with Gasteiger partial charge < -0.3 is 5.32 Å². The van der Waals surface area contributed by atoms with Gasteiger partial charge in [-0.3, -0.25) is 5.43 Å². The van der Waals surface area contributed by atoms with Crippen molar-refractivity contribution in [2.75, 3.05) is 10.7 Å². The predicted octanol–water partition coefficient (Wildman–Crippen LogP) is 1.98. The first-order valence-electron chi connectivity index (χ1n) is 5.72. The minimum absolute atomic E-state index is 0.389. The Morgan fingerprint density at radius 2 is 2.11 bits per heavy atom. The van der Waals surface area contributed by atoms with Gasteiger partial charge in [0.2, 0.25) is 5.95 Å². The number of hydrogen-bond acceptors (Lipinski definition) is 7. The lowest BCUT2D eigenvalue weighted by molar-refractivity contribution is 1.07. The van der Waals surface area contributed by atoms with Gasteiger partial charge in [-0.05, 0) is 12.1 Å². The highest BCUT2D eigenvalue weighted by Crippen LogP contribution is 2.22. The molecule has 0 amide bonds. The van der Waals surface area contributed by atoms with Gasteiger partial charge in [-0.2, -0.15) is 4.98 Å². The molecule has 0 bridgehead atoms. The fraction of sp³-hybridized carbons (Fsp3) is 0.0833. The van der Waals surface area contributed by atoms with Crippen molar-refractivity contribution in [1.82, 2.24) is 15.0 Å². The molecule has 1 aromatic carbocycles. The molecule has 96 valence electrons. The van der Waals surface area contributed by atoms with Gasteiger partial charge >= 0.3 is 0 Å². The summed E-state index contributed by atoms with van der Waals surface area (Å²) in [4.78, 5) is 12.9. The number of nitrogens with two attached hydrogens (primary N) is 1. The number of aromatic nitrogens is 3. The highest BCUT2D eigenvalue weighted by atomic mass is 32.1. The van der Waals surface area contributed by atoms with Crippen LogP contribution in [0.25, 0.3) is 10.9 Å². The number of rotatable bonds is 4. The van der Waals surface area contributed by atoms with Crippen LogP contribution in [0.2, 0.25) is 0 Å². The lowest BCUT2D eigenvalue weighted by Crippen LogP contribution is -2.12. The Kier molecular flexibility index (Phi) is 3.21. The molecule has 4 N–H and O–H groups in total. The summed E-state index contributed by atoms with van der Waals surface area (Å²) in [5.41, 5.74) is 3.32. The molecule has 0 atom stereocenters. The number of hydrogen-bond donors (Lipinski definition) is 3. The summed E-state index contributed by atoms with van der Waals surface area (Å²) < 4.78 is 0. The van der Waals surface area contributed by atoms with Crippen molar-refractivity contribution in [3.8, 4) is 0 Å². The lowest BCUT2D eigenvalue weighted by Gasteiger charge is -2.09. The summed E-state index contributed by atoms with van der Waals surface area (Å²) in [6, 6.07) is 7.78. The molecule has 7 heteroatoms. The van der Waals surface area contributed by atoms with Crippen LogP contribution in [0.5, 0.6) is 0 Å². The van der Waals surface area contributed by atoms with Crippen molar-refractivity contribution >= 4 is 34.0 Å². The molecule has 3 rings (SSSR count). The van der Waals surface area contributed by atoms with E-state index in [0.29, 0.717) is 12.5 Å². The van der Waals surface area contributed by atoms with Gasteiger partial charge in [0.15, 0.2) is 0 Å². The number of thiazole rings is 1. The third-order valence-electron chi connectivity index (χ3n) is 2.62. The van der Waals surface area contributed by atoms with Gasteiger partial charge in [-0.25, -0.2) is 15.8 Å². The number of nitrogens with zero attached hydrogens (tertiary/aromatic N) is 3. The van der Waals surface area contributed by atoms with Crippen LogP contribution in [-0.2, 0) is 6.54 Å². The van der Waals surface area contributed by atoms with Gasteiger partial charge in [0.1, 0.15) is 10.8 Å². The standard InChI is InChI=1S/C12H12N6S/c13-18-12-16-9-4-2-1-3-8(9)11(17-12)15-7-10-14-5-6-19-10/h1-6H,7,13H2,(H2,15,16,17,18). The third kappa shape index (κ3) is 2.47. The molecule has 6 nitrogen and oxygen atoms in total. The topological polar surface area (TPSA) is 88.8 Å². The Morgan fingerprint density at radius 3 is 2.89 bits per heavy atom. The van der Waals surface area contributed by atoms with Crippen LogP contribution in [0.4, 0.5) is 11.8 Å². The van der Waals surface area contributed by atoms with E-state index in [1.165, 1.54) is 0 Å². The number of fused-ring (bicyclic) bond motifs is 1. The van der Waals surface area contributed by atoms with Crippen LogP contribution in [-0.4, -0.2) is 15.0 Å². The second kappa shape index (κ2) is 5.17. The molecule has 19 heavy (non-hydrogen) atoms. The van der Waals surface area contributed by atoms with Crippen molar-refractivity contribution in [2.24, 2.45) is 5.84 Å². The number of benzene rings is 1. The Bertz CT molecular complexity index is 682. The van der Waals surface area contributed by atoms with Crippen molar-refractivity contribution < 1.29 is 0 Å². The molecule has 0 aliphatic rings. The number of nitrogen functional groups attached to an aromatic ring is 1. The highest BCUT2D eigenvalue weighted by Gasteiger charge is 2.06. The molecule has 3 aromatic rings. The zero-order chi connectivity index (χ0) is 13.1. The number of para-hydroxylation sites is 1. The summed E-state index contributed by atoms with van der Waals surface area (Å²) in [6.45, 7) is 0.628. The third-order valence-corrected chi connectivity index (χ3v) is 3.40. The van der Waals surface area contributed by atoms with Crippen LogP contribution in [0, 0.1) is 0 Å². The Balaban J connectivity index is 1.96. The summed E-state index contributed by atoms with van der Waals surface area (Å²) in [6.07, 6.45) is 1.78. The average Bonchev–Trinajstić information content (AvgIpc) is 2.97. The van der Waals surface area contributed by atoms with E-state index < -0.39 is 0 Å². The normalized spacial score (nSPS) is 10.6. The maximum absolute atomic E-state index is 5.39. The second-order valence-corrected chi connectivity index (χ2v) is 4.82. The molecule has 0 radical (unpaired) electrons. The molecule has 0 spiro atoms. The molecular weight excluding hydrogens is 260 g/mol. The first kappa shape index (κ1) is 11.8. The predicted molar refractivity (Wildman–Crippen MR) is 76.8 cm³/mol. The van der Waals surface area contributed by atoms with Gasteiger partial charge in [0.05, 0.1) is 12.1 Å². The first-order valence-corrected chi connectivity index (χ1v) is 6.60. The fourth-order valence-electron chi connectivity index (χ4n) is 1.78. The average molecular weight is 272 g/mol. The Morgan fingerprint density at radius 1 is 1.21 bits per heavy atom. The zero-order valence-electron chi connectivity index (χ0n) is 10.00. The minimum Gasteiger partial charge on any atom is -0.363 e. The molecule has 0 aliphatic heterocycles. The molecule has 2 heterocycles. The van der Waals surface area contributed by atoms with Crippen molar-refractivity contribution in [3.63, 3.8) is 0 Å². The molecular formula is C12H12N6S. The van der Waals surface area contributed by atoms with E-state index in [0.717, 1.165) is 21.7 Å². The molecule has 0 aliphatic carbocycles. The van der Waals surface area contributed by atoms with E-state index in [1.54, 1.807) is 17.5 Å². The minimum atomic E-state index is 0.389. The van der Waals surface area contributed by atoms with E-state index in [4.69, 9.17) is 5.84 Å². The van der Waals surface area contributed by atoms with Crippen molar-refractivity contribution in [3.05, 3.63) is 40.8 Å². The zero-order valence-corrected chi connectivity index (χ0v) is 10.8. The van der Waals surface area contributed by atoms with Crippen molar-refractivity contribution in [1.29, 1.82) is 0 Å². The Hall–Kier alpha value is -2.25. The van der Waals surface area contributed by atoms with E-state index >= 15 is 0 Å². The molecule has 2 aromatic heterocycles. The van der Waals surface area contributed by atoms with Crippen LogP contribution in [0.15, 0.2) is 35.8 Å². The fourth-order valence-corrected chi connectivity index (χ4v) is 2.33. The largest absolute Gasteiger partial charge is 0.363 e. The lowest BCUT2D eigenvalue weighted by atomic mass is 10.2. The first-order chi connectivity index (χ1) is 9.36. The number of nitrogens with one attached hydrogen (secondary N) is 2. The molecule has 0 saturated carbocycles. The van der Waals surface area contributed by atoms with E-state index in [-0.39, 0.29) is 0 Å². The molecule has 0 saturated heterocycles. The summed E-state index contributed by atoms with van der Waals surface area (Å²) >= 11 is 1.60.